The normalized spacial score (nSPS) is 28.8. The van der Waals surface area contributed by atoms with Crippen molar-refractivity contribution in [3.05, 3.63) is 71.4 Å². The molecule has 0 spiro atoms. The summed E-state index contributed by atoms with van der Waals surface area (Å²) in [5.41, 5.74) is 6.23. The maximum atomic E-state index is 4.97. The van der Waals surface area contributed by atoms with Crippen LogP contribution in [0.1, 0.15) is 62.3 Å². The van der Waals surface area contributed by atoms with Gasteiger partial charge in [0, 0.05) is 18.2 Å². The van der Waals surface area contributed by atoms with Gasteiger partial charge >= 0.3 is 0 Å². The van der Waals surface area contributed by atoms with E-state index in [9.17, 15) is 0 Å². The Bertz CT molecular complexity index is 1080. The third-order valence-electron chi connectivity index (χ3n) is 8.76. The molecule has 1 N–H and O–H groups in total. The van der Waals surface area contributed by atoms with Crippen LogP contribution in [0, 0.1) is 30.1 Å². The smallest absolute Gasteiger partial charge is 0.117 e. The van der Waals surface area contributed by atoms with E-state index in [1.165, 1.54) is 49.7 Å². The van der Waals surface area contributed by atoms with Crippen LogP contribution in [-0.2, 0) is 13.1 Å². The zero-order valence-corrected chi connectivity index (χ0v) is 20.0. The Labute approximate surface area is 197 Å². The average Bonchev–Trinajstić information content (AvgIpc) is 3.19. The van der Waals surface area contributed by atoms with Gasteiger partial charge in [0.15, 0.2) is 0 Å². The summed E-state index contributed by atoms with van der Waals surface area (Å²) in [6.45, 7) is 6.05. The number of aryl methyl sites for hydroxylation is 1. The zero-order chi connectivity index (χ0) is 22.4. The number of rotatable bonds is 7. The Kier molecular flexibility index (Phi) is 5.37. The Morgan fingerprint density at radius 2 is 1.64 bits per heavy atom. The van der Waals surface area contributed by atoms with Gasteiger partial charge in [-0.25, -0.2) is 0 Å². The highest BCUT2D eigenvalue weighted by Crippen LogP contribution is 2.61. The maximum absolute atomic E-state index is 4.97. The van der Waals surface area contributed by atoms with Gasteiger partial charge in [-0.1, -0.05) is 60.2 Å². The van der Waals surface area contributed by atoms with E-state index < -0.39 is 0 Å². The molecule has 3 aromatic rings. The van der Waals surface area contributed by atoms with Crippen molar-refractivity contribution in [1.82, 2.24) is 20.3 Å². The average molecular weight is 441 g/mol. The molecular formula is C29H36N4. The predicted octanol–water partition coefficient (Wildman–Crippen LogP) is 6.00. The van der Waals surface area contributed by atoms with E-state index in [-0.39, 0.29) is 0 Å². The van der Waals surface area contributed by atoms with Crippen molar-refractivity contribution in [2.75, 3.05) is 0 Å². The first-order valence-electron chi connectivity index (χ1n) is 12.8. The van der Waals surface area contributed by atoms with Crippen molar-refractivity contribution < 1.29 is 0 Å². The predicted molar refractivity (Wildman–Crippen MR) is 133 cm³/mol. The van der Waals surface area contributed by atoms with Gasteiger partial charge in [0.25, 0.3) is 0 Å². The Morgan fingerprint density at radius 3 is 2.30 bits per heavy atom. The van der Waals surface area contributed by atoms with Gasteiger partial charge < -0.3 is 5.32 Å². The zero-order valence-electron chi connectivity index (χ0n) is 20.0. The number of hydrogen-bond donors (Lipinski definition) is 1. The fraction of sp³-hybridized carbons (Fsp3) is 0.517. The summed E-state index contributed by atoms with van der Waals surface area (Å²) in [4.78, 5) is 1.88. The highest BCUT2D eigenvalue weighted by atomic mass is 15.5. The second-order valence-corrected chi connectivity index (χ2v) is 11.3. The van der Waals surface area contributed by atoms with E-state index in [2.05, 4.69) is 73.8 Å². The van der Waals surface area contributed by atoms with E-state index >= 15 is 0 Å². The highest BCUT2D eigenvalue weighted by Gasteiger charge is 2.52. The lowest BCUT2D eigenvalue weighted by molar-refractivity contribution is -0.0707. The second-order valence-electron chi connectivity index (χ2n) is 11.3. The summed E-state index contributed by atoms with van der Waals surface area (Å²) >= 11 is 0. The van der Waals surface area contributed by atoms with E-state index in [0.717, 1.165) is 41.2 Å². The SMILES string of the molecule is Cc1cccc(Cn2nc(CN[C@@H](C)C34CC5CC(CC(C5)C3)C4)c(-c3ccccc3)n2)c1. The minimum absolute atomic E-state index is 0.499. The molecule has 2 aromatic carbocycles. The van der Waals surface area contributed by atoms with Crippen molar-refractivity contribution >= 4 is 0 Å². The molecule has 1 heterocycles. The summed E-state index contributed by atoms with van der Waals surface area (Å²) in [6, 6.07) is 19.7. The summed E-state index contributed by atoms with van der Waals surface area (Å²) in [5.74, 6) is 2.95. The van der Waals surface area contributed by atoms with Crippen LogP contribution in [-0.4, -0.2) is 21.0 Å². The van der Waals surface area contributed by atoms with Crippen LogP contribution in [0.2, 0.25) is 0 Å². The molecule has 4 aliphatic carbocycles. The Hall–Kier alpha value is -2.46. The molecule has 1 atom stereocenters. The minimum Gasteiger partial charge on any atom is -0.308 e. The van der Waals surface area contributed by atoms with Crippen molar-refractivity contribution in [2.45, 2.75) is 71.5 Å². The lowest BCUT2D eigenvalue weighted by Crippen LogP contribution is -2.54. The molecule has 4 heteroatoms. The van der Waals surface area contributed by atoms with E-state index in [0.29, 0.717) is 18.0 Å². The topological polar surface area (TPSA) is 42.7 Å². The first kappa shape index (κ1) is 21.1. The van der Waals surface area contributed by atoms with Crippen molar-refractivity contribution in [2.24, 2.45) is 23.2 Å². The van der Waals surface area contributed by atoms with Gasteiger partial charge in [0.05, 0.1) is 6.54 Å². The minimum atomic E-state index is 0.499. The molecule has 0 aliphatic heterocycles. The number of aromatic nitrogens is 3. The van der Waals surface area contributed by atoms with Crippen LogP contribution < -0.4 is 5.32 Å². The molecule has 7 rings (SSSR count). The number of hydrogen-bond acceptors (Lipinski definition) is 3. The van der Waals surface area contributed by atoms with Crippen molar-refractivity contribution in [3.8, 4) is 11.3 Å². The van der Waals surface area contributed by atoms with E-state index in [1.807, 2.05) is 4.80 Å². The molecule has 4 fully saturated rings. The third-order valence-corrected chi connectivity index (χ3v) is 8.76. The molecule has 4 aliphatic rings. The summed E-state index contributed by atoms with van der Waals surface area (Å²) < 4.78 is 0. The Balaban J connectivity index is 1.23. The molecule has 4 saturated carbocycles. The maximum Gasteiger partial charge on any atom is 0.117 e. The van der Waals surface area contributed by atoms with E-state index in [4.69, 9.17) is 10.2 Å². The second kappa shape index (κ2) is 8.39. The quantitative estimate of drug-likeness (QED) is 0.490. The van der Waals surface area contributed by atoms with Gasteiger partial charge in [0.2, 0.25) is 0 Å². The van der Waals surface area contributed by atoms with Crippen molar-refractivity contribution in [1.29, 1.82) is 0 Å². The fourth-order valence-corrected chi connectivity index (χ4v) is 7.54. The van der Waals surface area contributed by atoms with Crippen LogP contribution in [0.5, 0.6) is 0 Å². The van der Waals surface area contributed by atoms with Crippen LogP contribution >= 0.6 is 0 Å². The molecule has 33 heavy (non-hydrogen) atoms. The fourth-order valence-electron chi connectivity index (χ4n) is 7.54. The standard InChI is InChI=1S/C29H36N4/c1-20-7-6-8-22(11-20)19-33-31-27(28(32-33)26-9-4-3-5-10-26)18-30-21(2)29-15-23-12-24(16-29)14-25(13-23)17-29/h3-11,21,23-25,30H,12-19H2,1-2H3/t21-,23?,24?,25?,29?/m0/s1. The summed E-state index contributed by atoms with van der Waals surface area (Å²) in [5, 5.41) is 13.9. The highest BCUT2D eigenvalue weighted by molar-refractivity contribution is 5.60. The molecule has 172 valence electrons. The van der Waals surface area contributed by atoms with Crippen LogP contribution in [0.4, 0.5) is 0 Å². The molecule has 0 saturated heterocycles. The van der Waals surface area contributed by atoms with Crippen LogP contribution in [0.25, 0.3) is 11.3 Å². The molecule has 4 nitrogen and oxygen atoms in total. The van der Waals surface area contributed by atoms with Gasteiger partial charge in [-0.05, 0) is 81.1 Å². The molecule has 0 radical (unpaired) electrons. The van der Waals surface area contributed by atoms with Gasteiger partial charge in [-0.15, -0.1) is 0 Å². The van der Waals surface area contributed by atoms with Crippen LogP contribution in [0.15, 0.2) is 54.6 Å². The van der Waals surface area contributed by atoms with Crippen LogP contribution in [0.3, 0.4) is 0 Å². The Morgan fingerprint density at radius 1 is 0.939 bits per heavy atom. The summed E-state index contributed by atoms with van der Waals surface area (Å²) in [6.07, 6.45) is 8.78. The van der Waals surface area contributed by atoms with Gasteiger partial charge in [-0.3, -0.25) is 0 Å². The monoisotopic (exact) mass is 440 g/mol. The van der Waals surface area contributed by atoms with Gasteiger partial charge in [-0.2, -0.15) is 15.0 Å². The molecule has 0 unspecified atom stereocenters. The lowest BCUT2D eigenvalue weighted by atomic mass is 9.48. The van der Waals surface area contributed by atoms with Gasteiger partial charge in [0.1, 0.15) is 11.4 Å². The third kappa shape index (κ3) is 4.14. The molecule has 4 bridgehead atoms. The van der Waals surface area contributed by atoms with E-state index in [1.54, 1.807) is 0 Å². The molecular weight excluding hydrogens is 404 g/mol. The first-order chi connectivity index (χ1) is 16.1. The number of nitrogens with one attached hydrogen (secondary N) is 1. The summed E-state index contributed by atoms with van der Waals surface area (Å²) in [7, 11) is 0. The number of nitrogens with zero attached hydrogens (tertiary/aromatic N) is 3. The largest absolute Gasteiger partial charge is 0.308 e. The lowest BCUT2D eigenvalue weighted by Gasteiger charge is -2.59. The first-order valence-corrected chi connectivity index (χ1v) is 12.8. The molecule has 1 aromatic heterocycles. The van der Waals surface area contributed by atoms with Crippen molar-refractivity contribution in [3.63, 3.8) is 0 Å². The number of benzene rings is 2. The molecule has 0 amide bonds.